The third-order valence-corrected chi connectivity index (χ3v) is 12.9. The minimum absolute atomic E-state index is 0.876. The number of hydrogen-bond donors (Lipinski definition) is 0. The number of furan rings is 1. The molecular formula is C62H42N2O. The van der Waals surface area contributed by atoms with E-state index >= 15 is 0 Å². The molecule has 3 heteroatoms. The molecule has 0 aliphatic heterocycles. The lowest BCUT2D eigenvalue weighted by Gasteiger charge is -2.28. The van der Waals surface area contributed by atoms with Crippen molar-refractivity contribution < 1.29 is 4.42 Å². The molecule has 0 amide bonds. The van der Waals surface area contributed by atoms with Gasteiger partial charge in [0.05, 0.1) is 16.7 Å². The molecule has 0 unspecified atom stereocenters. The average molecular weight is 831 g/mol. The highest BCUT2D eigenvalue weighted by atomic mass is 16.3. The SMILES string of the molecule is C=Cc1ccc(-c2cccc(N(c3ccc(-c4cccc(-n5c6ccccc6c6ccccc65)c4)cc3)c3ccccc3-c3ccc4oc5c6ccccc6ccc5c4c3)c2)cc1C=C. The van der Waals surface area contributed by atoms with Crippen LogP contribution in [0.1, 0.15) is 11.1 Å². The average Bonchev–Trinajstić information content (AvgIpc) is 3.93. The van der Waals surface area contributed by atoms with Gasteiger partial charge in [0.2, 0.25) is 0 Å². The second kappa shape index (κ2) is 15.6. The van der Waals surface area contributed by atoms with E-state index in [4.69, 9.17) is 4.42 Å². The number of aromatic nitrogens is 1. The molecule has 0 N–H and O–H groups in total. The number of fused-ring (bicyclic) bond motifs is 8. The van der Waals surface area contributed by atoms with E-state index in [2.05, 4.69) is 241 Å². The molecule has 2 heterocycles. The Morgan fingerprint density at radius 3 is 1.83 bits per heavy atom. The lowest BCUT2D eigenvalue weighted by Crippen LogP contribution is -2.11. The maximum absolute atomic E-state index is 6.55. The van der Waals surface area contributed by atoms with E-state index in [0.717, 1.165) is 94.6 Å². The van der Waals surface area contributed by atoms with Crippen LogP contribution in [0.5, 0.6) is 0 Å². The number of para-hydroxylation sites is 3. The van der Waals surface area contributed by atoms with Gasteiger partial charge in [0, 0.05) is 49.6 Å². The van der Waals surface area contributed by atoms with Crippen molar-refractivity contribution >= 4 is 83.7 Å². The number of nitrogens with zero attached hydrogens (tertiary/aromatic N) is 2. The summed E-state index contributed by atoms with van der Waals surface area (Å²) in [5.41, 5.74) is 17.3. The summed E-state index contributed by atoms with van der Waals surface area (Å²) in [5, 5.41) is 7.01. The summed E-state index contributed by atoms with van der Waals surface area (Å²) in [4.78, 5) is 2.38. The van der Waals surface area contributed by atoms with Crippen molar-refractivity contribution in [1.82, 2.24) is 4.57 Å². The fraction of sp³-hybridized carbons (Fsp3) is 0. The van der Waals surface area contributed by atoms with Crippen molar-refractivity contribution in [2.24, 2.45) is 0 Å². The molecule has 306 valence electrons. The molecule has 0 fully saturated rings. The van der Waals surface area contributed by atoms with Gasteiger partial charge in [-0.1, -0.05) is 165 Å². The zero-order valence-corrected chi connectivity index (χ0v) is 35.7. The molecule has 12 aromatic rings. The van der Waals surface area contributed by atoms with Crippen LogP contribution in [0.4, 0.5) is 17.1 Å². The van der Waals surface area contributed by atoms with Crippen LogP contribution in [-0.4, -0.2) is 4.57 Å². The lowest BCUT2D eigenvalue weighted by atomic mass is 9.97. The maximum Gasteiger partial charge on any atom is 0.143 e. The van der Waals surface area contributed by atoms with Gasteiger partial charge in [-0.2, -0.15) is 0 Å². The predicted octanol–water partition coefficient (Wildman–Crippen LogP) is 17.6. The quantitative estimate of drug-likeness (QED) is 0.144. The normalized spacial score (nSPS) is 11.5. The van der Waals surface area contributed by atoms with E-state index in [1.807, 2.05) is 12.2 Å². The van der Waals surface area contributed by atoms with Crippen LogP contribution in [-0.2, 0) is 0 Å². The summed E-state index contributed by atoms with van der Waals surface area (Å²) in [5.74, 6) is 0. The molecule has 0 spiro atoms. The Kier molecular flexibility index (Phi) is 9.13. The molecule has 0 saturated carbocycles. The van der Waals surface area contributed by atoms with E-state index in [9.17, 15) is 0 Å². The third-order valence-electron chi connectivity index (χ3n) is 12.9. The first-order valence-corrected chi connectivity index (χ1v) is 22.1. The number of anilines is 3. The summed E-state index contributed by atoms with van der Waals surface area (Å²) >= 11 is 0. The summed E-state index contributed by atoms with van der Waals surface area (Å²) in [6, 6.07) is 78.6. The first-order chi connectivity index (χ1) is 32.1. The minimum Gasteiger partial charge on any atom is -0.455 e. The Bertz CT molecular complexity index is 3770. The van der Waals surface area contributed by atoms with Gasteiger partial charge in [0.1, 0.15) is 11.2 Å². The topological polar surface area (TPSA) is 21.3 Å². The largest absolute Gasteiger partial charge is 0.455 e. The Balaban J connectivity index is 0.992. The van der Waals surface area contributed by atoms with Crippen LogP contribution in [0.3, 0.4) is 0 Å². The van der Waals surface area contributed by atoms with Crippen LogP contribution in [0.25, 0.3) is 106 Å². The molecule has 10 aromatic carbocycles. The highest BCUT2D eigenvalue weighted by Crippen LogP contribution is 2.44. The Morgan fingerprint density at radius 1 is 0.400 bits per heavy atom. The van der Waals surface area contributed by atoms with Gasteiger partial charge in [-0.25, -0.2) is 0 Å². The summed E-state index contributed by atoms with van der Waals surface area (Å²) in [6.45, 7) is 8.11. The minimum atomic E-state index is 0.876. The first-order valence-electron chi connectivity index (χ1n) is 22.1. The third kappa shape index (κ3) is 6.44. The molecule has 0 saturated heterocycles. The van der Waals surface area contributed by atoms with Crippen molar-refractivity contribution in [1.29, 1.82) is 0 Å². The van der Waals surface area contributed by atoms with Crippen LogP contribution < -0.4 is 4.90 Å². The molecule has 0 radical (unpaired) electrons. The van der Waals surface area contributed by atoms with Crippen molar-refractivity contribution in [3.8, 4) is 39.1 Å². The van der Waals surface area contributed by atoms with Crippen LogP contribution in [0.2, 0.25) is 0 Å². The molecule has 0 atom stereocenters. The number of hydrogen-bond acceptors (Lipinski definition) is 2. The monoisotopic (exact) mass is 830 g/mol. The Labute approximate surface area is 377 Å². The smallest absolute Gasteiger partial charge is 0.143 e. The second-order valence-electron chi connectivity index (χ2n) is 16.6. The van der Waals surface area contributed by atoms with Crippen LogP contribution in [0.15, 0.2) is 236 Å². The zero-order chi connectivity index (χ0) is 43.4. The summed E-state index contributed by atoms with van der Waals surface area (Å²) in [7, 11) is 0. The summed E-state index contributed by atoms with van der Waals surface area (Å²) < 4.78 is 8.93. The second-order valence-corrected chi connectivity index (χ2v) is 16.6. The van der Waals surface area contributed by atoms with Gasteiger partial charge >= 0.3 is 0 Å². The van der Waals surface area contributed by atoms with E-state index in [-0.39, 0.29) is 0 Å². The van der Waals surface area contributed by atoms with Crippen molar-refractivity contribution in [3.05, 3.63) is 243 Å². The van der Waals surface area contributed by atoms with E-state index < -0.39 is 0 Å². The molecule has 2 aromatic heterocycles. The maximum atomic E-state index is 6.55. The van der Waals surface area contributed by atoms with E-state index in [0.29, 0.717) is 0 Å². The molecule has 0 bridgehead atoms. The van der Waals surface area contributed by atoms with Gasteiger partial charge < -0.3 is 13.9 Å². The van der Waals surface area contributed by atoms with Crippen molar-refractivity contribution in [3.63, 3.8) is 0 Å². The zero-order valence-electron chi connectivity index (χ0n) is 35.7. The van der Waals surface area contributed by atoms with Gasteiger partial charge in [0.15, 0.2) is 0 Å². The van der Waals surface area contributed by atoms with E-state index in [1.54, 1.807) is 0 Å². The predicted molar refractivity (Wildman–Crippen MR) is 277 cm³/mol. The molecule has 65 heavy (non-hydrogen) atoms. The first kappa shape index (κ1) is 38.0. The number of rotatable bonds is 9. The van der Waals surface area contributed by atoms with Gasteiger partial charge in [-0.15, -0.1) is 0 Å². The molecular weight excluding hydrogens is 789 g/mol. The van der Waals surface area contributed by atoms with Gasteiger partial charge in [-0.05, 0) is 123 Å². The highest BCUT2D eigenvalue weighted by molar-refractivity contribution is 6.16. The standard InChI is InChI=1S/C62H42N2O/c1-3-41-27-28-47(37-42(41)4-2)46-17-14-18-50(39-46)63(58-24-10-7-20-52(58)48-32-36-61-57(40-48)56-35-31-44-15-5-6-21-53(44)62(56)65-61)49-33-29-43(30-34-49)45-16-13-19-51(38-45)64-59-25-11-8-22-54(59)55-23-9-12-26-60(55)64/h3-40H,1-2H2. The summed E-state index contributed by atoms with van der Waals surface area (Å²) in [6.07, 6.45) is 3.78. The highest BCUT2D eigenvalue weighted by Gasteiger charge is 2.20. The van der Waals surface area contributed by atoms with Gasteiger partial charge in [0.25, 0.3) is 0 Å². The van der Waals surface area contributed by atoms with Crippen molar-refractivity contribution in [2.45, 2.75) is 0 Å². The van der Waals surface area contributed by atoms with E-state index in [1.165, 1.54) is 27.2 Å². The van der Waals surface area contributed by atoms with Crippen LogP contribution >= 0.6 is 0 Å². The molecule has 12 rings (SSSR count). The molecule has 0 aliphatic rings. The van der Waals surface area contributed by atoms with Gasteiger partial charge in [-0.3, -0.25) is 0 Å². The number of benzene rings is 10. The molecule has 0 aliphatic carbocycles. The van der Waals surface area contributed by atoms with Crippen molar-refractivity contribution in [2.75, 3.05) is 4.90 Å². The molecule has 3 nitrogen and oxygen atoms in total. The lowest BCUT2D eigenvalue weighted by molar-refractivity contribution is 0.672. The fourth-order valence-corrected chi connectivity index (χ4v) is 9.78. The fourth-order valence-electron chi connectivity index (χ4n) is 9.78. The Morgan fingerprint density at radius 2 is 1.05 bits per heavy atom. The Hall–Kier alpha value is -8.66. The van der Waals surface area contributed by atoms with Crippen LogP contribution in [0, 0.1) is 0 Å².